The van der Waals surface area contributed by atoms with Crippen molar-refractivity contribution in [3.05, 3.63) is 23.8 Å². The first kappa shape index (κ1) is 9.90. The summed E-state index contributed by atoms with van der Waals surface area (Å²) in [6.07, 6.45) is 8.67. The zero-order valence-electron chi connectivity index (χ0n) is 7.88. The summed E-state index contributed by atoms with van der Waals surface area (Å²) in [5.41, 5.74) is 1.05. The van der Waals surface area contributed by atoms with E-state index in [4.69, 9.17) is 0 Å². The van der Waals surface area contributed by atoms with E-state index in [-0.39, 0.29) is 18.0 Å². The maximum absolute atomic E-state index is 11.2. The fraction of sp³-hybridized carbons (Fsp3) is 0.455. The summed E-state index contributed by atoms with van der Waals surface area (Å²) < 4.78 is 0. The fourth-order valence-electron chi connectivity index (χ4n) is 1.37. The van der Waals surface area contributed by atoms with Crippen molar-refractivity contribution in [1.82, 2.24) is 0 Å². The Kier molecular flexibility index (Phi) is 3.62. The Morgan fingerprint density at radius 2 is 2.15 bits per heavy atom. The standard InChI is InChI=1S/C11H14O2/c1-9(12)7-11(13)8-10-5-3-2-4-6-10/h3,5-6H,2,4,7-8H2,1H3. The maximum atomic E-state index is 11.2. The second-order valence-electron chi connectivity index (χ2n) is 3.35. The van der Waals surface area contributed by atoms with E-state index < -0.39 is 0 Å². The van der Waals surface area contributed by atoms with Crippen molar-refractivity contribution in [2.75, 3.05) is 0 Å². The van der Waals surface area contributed by atoms with Gasteiger partial charge in [-0.25, -0.2) is 0 Å². The summed E-state index contributed by atoms with van der Waals surface area (Å²) in [6, 6.07) is 0. The van der Waals surface area contributed by atoms with E-state index in [1.165, 1.54) is 6.92 Å². The number of rotatable bonds is 4. The molecule has 0 radical (unpaired) electrons. The minimum atomic E-state index is -0.0506. The van der Waals surface area contributed by atoms with Crippen LogP contribution in [0, 0.1) is 0 Å². The van der Waals surface area contributed by atoms with Crippen LogP contribution in [-0.4, -0.2) is 11.6 Å². The van der Waals surface area contributed by atoms with Crippen LogP contribution in [0.2, 0.25) is 0 Å². The second kappa shape index (κ2) is 4.75. The van der Waals surface area contributed by atoms with Gasteiger partial charge in [0.25, 0.3) is 0 Å². The smallest absolute Gasteiger partial charge is 0.144 e. The third-order valence-corrected chi connectivity index (χ3v) is 1.92. The van der Waals surface area contributed by atoms with Gasteiger partial charge in [-0.15, -0.1) is 0 Å². The Bertz CT molecular complexity index is 272. The molecular formula is C11H14O2. The Balaban J connectivity index is 2.40. The van der Waals surface area contributed by atoms with Crippen LogP contribution < -0.4 is 0 Å². The highest BCUT2D eigenvalue weighted by molar-refractivity contribution is 5.99. The van der Waals surface area contributed by atoms with Crippen LogP contribution >= 0.6 is 0 Å². The maximum Gasteiger partial charge on any atom is 0.144 e. The molecule has 0 unspecified atom stereocenters. The first-order valence-corrected chi connectivity index (χ1v) is 4.55. The first-order valence-electron chi connectivity index (χ1n) is 4.55. The monoisotopic (exact) mass is 178 g/mol. The van der Waals surface area contributed by atoms with E-state index in [9.17, 15) is 9.59 Å². The molecule has 0 atom stereocenters. The van der Waals surface area contributed by atoms with Crippen molar-refractivity contribution in [2.45, 2.75) is 32.6 Å². The summed E-state index contributed by atoms with van der Waals surface area (Å²) in [5.74, 6) is -0.0318. The largest absolute Gasteiger partial charge is 0.300 e. The minimum Gasteiger partial charge on any atom is -0.300 e. The SMILES string of the molecule is CC(=O)CC(=O)CC1=CCCC=C1. The van der Waals surface area contributed by atoms with Gasteiger partial charge in [-0.05, 0) is 25.3 Å². The summed E-state index contributed by atoms with van der Waals surface area (Å²) in [6.45, 7) is 1.45. The van der Waals surface area contributed by atoms with Crippen molar-refractivity contribution in [2.24, 2.45) is 0 Å². The van der Waals surface area contributed by atoms with Gasteiger partial charge in [-0.2, -0.15) is 0 Å². The van der Waals surface area contributed by atoms with Crippen molar-refractivity contribution in [3.8, 4) is 0 Å². The van der Waals surface area contributed by atoms with E-state index in [2.05, 4.69) is 12.2 Å². The third-order valence-electron chi connectivity index (χ3n) is 1.92. The van der Waals surface area contributed by atoms with Crippen LogP contribution in [0.15, 0.2) is 23.8 Å². The molecule has 0 fully saturated rings. The van der Waals surface area contributed by atoms with E-state index in [0.717, 1.165) is 18.4 Å². The normalized spacial score (nSPS) is 15.3. The topological polar surface area (TPSA) is 34.1 Å². The molecule has 0 spiro atoms. The minimum absolute atomic E-state index is 0.0188. The molecule has 0 saturated heterocycles. The van der Waals surface area contributed by atoms with Gasteiger partial charge in [-0.1, -0.05) is 18.2 Å². The third kappa shape index (κ3) is 3.83. The molecule has 0 bridgehead atoms. The number of Topliss-reactive ketones (excluding diaryl/α,β-unsaturated/α-hetero) is 2. The molecule has 1 aliphatic carbocycles. The molecule has 13 heavy (non-hydrogen) atoms. The van der Waals surface area contributed by atoms with Gasteiger partial charge in [0.1, 0.15) is 11.6 Å². The molecule has 0 amide bonds. The number of carbonyl (C=O) groups is 2. The molecule has 0 heterocycles. The number of hydrogen-bond acceptors (Lipinski definition) is 2. The van der Waals surface area contributed by atoms with Gasteiger partial charge in [-0.3, -0.25) is 9.59 Å². The molecule has 2 heteroatoms. The van der Waals surface area contributed by atoms with E-state index in [1.807, 2.05) is 6.08 Å². The number of carbonyl (C=O) groups excluding carboxylic acids is 2. The molecule has 70 valence electrons. The molecule has 0 aromatic carbocycles. The van der Waals surface area contributed by atoms with Crippen LogP contribution in [0.25, 0.3) is 0 Å². The molecule has 2 nitrogen and oxygen atoms in total. The van der Waals surface area contributed by atoms with E-state index in [1.54, 1.807) is 0 Å². The predicted octanol–water partition coefficient (Wildman–Crippen LogP) is 2.20. The van der Waals surface area contributed by atoms with Crippen molar-refractivity contribution < 1.29 is 9.59 Å². The van der Waals surface area contributed by atoms with Gasteiger partial charge in [0.15, 0.2) is 0 Å². The Labute approximate surface area is 78.3 Å². The molecule has 0 aromatic rings. The lowest BCUT2D eigenvalue weighted by atomic mass is 10.0. The highest BCUT2D eigenvalue weighted by Gasteiger charge is 2.07. The zero-order valence-corrected chi connectivity index (χ0v) is 7.88. The molecule has 1 aliphatic rings. The Morgan fingerprint density at radius 1 is 1.38 bits per heavy atom. The van der Waals surface area contributed by atoms with Crippen molar-refractivity contribution in [3.63, 3.8) is 0 Å². The number of ketones is 2. The fourth-order valence-corrected chi connectivity index (χ4v) is 1.37. The van der Waals surface area contributed by atoms with Crippen LogP contribution in [0.1, 0.15) is 32.6 Å². The van der Waals surface area contributed by atoms with Crippen molar-refractivity contribution >= 4 is 11.6 Å². The van der Waals surface area contributed by atoms with Crippen molar-refractivity contribution in [1.29, 1.82) is 0 Å². The van der Waals surface area contributed by atoms with E-state index >= 15 is 0 Å². The lowest BCUT2D eigenvalue weighted by molar-refractivity contribution is -0.125. The zero-order chi connectivity index (χ0) is 9.68. The lowest BCUT2D eigenvalue weighted by Gasteiger charge is -2.04. The van der Waals surface area contributed by atoms with Gasteiger partial charge >= 0.3 is 0 Å². The molecule has 0 aliphatic heterocycles. The lowest BCUT2D eigenvalue weighted by Crippen LogP contribution is -2.05. The summed E-state index contributed by atoms with van der Waals surface area (Å²) in [4.78, 5) is 21.9. The predicted molar refractivity (Wildman–Crippen MR) is 51.4 cm³/mol. The van der Waals surface area contributed by atoms with Gasteiger partial charge < -0.3 is 0 Å². The average Bonchev–Trinajstić information content (AvgIpc) is 2.04. The number of hydrogen-bond donors (Lipinski definition) is 0. The van der Waals surface area contributed by atoms with Crippen LogP contribution in [0.4, 0.5) is 0 Å². The molecule has 0 N–H and O–H groups in total. The average molecular weight is 178 g/mol. The summed E-state index contributed by atoms with van der Waals surface area (Å²) in [7, 11) is 0. The van der Waals surface area contributed by atoms with Crippen LogP contribution in [-0.2, 0) is 9.59 Å². The van der Waals surface area contributed by atoms with Gasteiger partial charge in [0.2, 0.25) is 0 Å². The second-order valence-corrected chi connectivity index (χ2v) is 3.35. The molecule has 0 saturated carbocycles. The molecule has 1 rings (SSSR count). The van der Waals surface area contributed by atoms with Gasteiger partial charge in [0.05, 0.1) is 6.42 Å². The quantitative estimate of drug-likeness (QED) is 0.618. The van der Waals surface area contributed by atoms with Crippen LogP contribution in [0.3, 0.4) is 0 Å². The van der Waals surface area contributed by atoms with E-state index in [0.29, 0.717) is 6.42 Å². The summed E-state index contributed by atoms with van der Waals surface area (Å²) in [5, 5.41) is 0. The first-order chi connectivity index (χ1) is 6.18. The summed E-state index contributed by atoms with van der Waals surface area (Å²) >= 11 is 0. The highest BCUT2D eigenvalue weighted by atomic mass is 16.1. The molecular weight excluding hydrogens is 164 g/mol. The Morgan fingerprint density at radius 3 is 2.69 bits per heavy atom. The number of allylic oxidation sites excluding steroid dienone is 4. The highest BCUT2D eigenvalue weighted by Crippen LogP contribution is 2.13. The molecule has 0 aromatic heterocycles. The van der Waals surface area contributed by atoms with Gasteiger partial charge in [0, 0.05) is 6.42 Å². The Hall–Kier alpha value is -1.18. The van der Waals surface area contributed by atoms with Crippen LogP contribution in [0.5, 0.6) is 0 Å².